The molecule has 2 aromatic carbocycles. The third-order valence-corrected chi connectivity index (χ3v) is 9.51. The number of thioether (sulfide) groups is 1. The van der Waals surface area contributed by atoms with E-state index < -0.39 is 0 Å². The second-order valence-corrected chi connectivity index (χ2v) is 11.7. The van der Waals surface area contributed by atoms with Gasteiger partial charge in [0, 0.05) is 28.1 Å². The van der Waals surface area contributed by atoms with Gasteiger partial charge >= 0.3 is 0 Å². The lowest BCUT2D eigenvalue weighted by atomic mass is 9.70. The summed E-state index contributed by atoms with van der Waals surface area (Å²) in [6.45, 7) is 4.73. The molecule has 1 saturated heterocycles. The number of para-hydroxylation sites is 1. The average Bonchev–Trinajstić information content (AvgIpc) is 2.84. The van der Waals surface area contributed by atoms with Gasteiger partial charge in [-0.15, -0.1) is 11.8 Å². The Labute approximate surface area is 207 Å². The van der Waals surface area contributed by atoms with Gasteiger partial charge in [-0.3, -0.25) is 10.2 Å². The van der Waals surface area contributed by atoms with Crippen LogP contribution in [0.3, 0.4) is 0 Å². The van der Waals surface area contributed by atoms with E-state index in [1.807, 2.05) is 30.3 Å². The number of amidine groups is 1. The van der Waals surface area contributed by atoms with Crippen molar-refractivity contribution in [2.75, 3.05) is 4.90 Å². The van der Waals surface area contributed by atoms with Crippen molar-refractivity contribution >= 4 is 29.2 Å². The topological polar surface area (TPSA) is 82.2 Å². The maximum Gasteiger partial charge on any atom is 0.245 e. The Morgan fingerprint density at radius 1 is 1.12 bits per heavy atom. The smallest absolute Gasteiger partial charge is 0.245 e. The number of carbonyl (C=O) groups excluding carboxylic acids is 1. The first-order chi connectivity index (χ1) is 16.4. The molecule has 5 rings (SSSR count). The molecule has 1 aliphatic carbocycles. The number of nitrogens with two attached hydrogens (primary N) is 1. The number of hydrogen-bond donors (Lipinski definition) is 3. The Morgan fingerprint density at radius 3 is 2.62 bits per heavy atom. The number of benzene rings is 2. The van der Waals surface area contributed by atoms with E-state index in [4.69, 9.17) is 11.1 Å². The summed E-state index contributed by atoms with van der Waals surface area (Å²) in [4.78, 5) is 17.2. The van der Waals surface area contributed by atoms with Crippen molar-refractivity contribution in [2.24, 2.45) is 11.7 Å². The van der Waals surface area contributed by atoms with E-state index in [-0.39, 0.29) is 28.6 Å². The molecule has 2 aromatic rings. The van der Waals surface area contributed by atoms with Gasteiger partial charge in [0.15, 0.2) is 0 Å². The minimum atomic E-state index is -0.315. The van der Waals surface area contributed by atoms with Crippen LogP contribution < -0.4 is 16.0 Å². The number of rotatable bonds is 4. The molecular weight excluding hydrogens is 440 g/mol. The van der Waals surface area contributed by atoms with Gasteiger partial charge in [0.25, 0.3) is 0 Å². The Balaban J connectivity index is 1.39. The molecule has 3 atom stereocenters. The molecule has 180 valence electrons. The fourth-order valence-electron chi connectivity index (χ4n) is 6.41. The van der Waals surface area contributed by atoms with E-state index in [1.54, 1.807) is 11.8 Å². The van der Waals surface area contributed by atoms with Crippen molar-refractivity contribution in [2.45, 2.75) is 86.6 Å². The predicted octanol–water partition coefficient (Wildman–Crippen LogP) is 5.63. The highest BCUT2D eigenvalue weighted by molar-refractivity contribution is 8.00. The molecule has 1 amide bonds. The zero-order valence-corrected chi connectivity index (χ0v) is 21.0. The Bertz CT molecular complexity index is 1080. The molecular formula is C28H36N4OS. The third-order valence-electron chi connectivity index (χ3n) is 8.20. The summed E-state index contributed by atoms with van der Waals surface area (Å²) in [5.41, 5.74) is 8.60. The van der Waals surface area contributed by atoms with E-state index in [1.165, 1.54) is 19.3 Å². The van der Waals surface area contributed by atoms with E-state index in [0.29, 0.717) is 17.5 Å². The number of nitrogens with one attached hydrogen (secondary N) is 2. The van der Waals surface area contributed by atoms with Gasteiger partial charge in [-0.1, -0.05) is 36.8 Å². The van der Waals surface area contributed by atoms with Crippen LogP contribution in [0.15, 0.2) is 53.4 Å². The maximum absolute atomic E-state index is 14.0. The molecule has 3 aliphatic rings. The van der Waals surface area contributed by atoms with E-state index in [2.05, 4.69) is 42.3 Å². The summed E-state index contributed by atoms with van der Waals surface area (Å²) in [5.74, 6) is 0.854. The number of carbonyl (C=O) groups is 1. The first-order valence-corrected chi connectivity index (χ1v) is 13.5. The lowest BCUT2D eigenvalue weighted by molar-refractivity contribution is -0.119. The Morgan fingerprint density at radius 2 is 1.88 bits per heavy atom. The Kier molecular flexibility index (Phi) is 6.47. The predicted molar refractivity (Wildman–Crippen MR) is 141 cm³/mol. The quantitative estimate of drug-likeness (QED) is 0.394. The SMILES string of the molecule is C[C@H]1CCC[C@](C)(C2CCC(N3C(=O)C(c4cccc(C(=N)N)c4)Sc4ccccc43)CC2)N1. The molecule has 2 heterocycles. The first-order valence-electron chi connectivity index (χ1n) is 12.7. The summed E-state index contributed by atoms with van der Waals surface area (Å²) >= 11 is 1.62. The van der Waals surface area contributed by atoms with Gasteiger partial charge in [-0.05, 0) is 82.1 Å². The summed E-state index contributed by atoms with van der Waals surface area (Å²) in [5, 5.41) is 11.4. The van der Waals surface area contributed by atoms with Crippen LogP contribution in [-0.4, -0.2) is 29.4 Å². The van der Waals surface area contributed by atoms with Gasteiger partial charge in [0.2, 0.25) is 5.91 Å². The van der Waals surface area contributed by atoms with Gasteiger partial charge in [-0.2, -0.15) is 0 Å². The molecule has 4 N–H and O–H groups in total. The minimum absolute atomic E-state index is 0.0322. The second kappa shape index (κ2) is 9.38. The van der Waals surface area contributed by atoms with Crippen LogP contribution >= 0.6 is 11.8 Å². The van der Waals surface area contributed by atoms with Gasteiger partial charge < -0.3 is 16.0 Å². The zero-order chi connectivity index (χ0) is 23.9. The lowest BCUT2D eigenvalue weighted by Gasteiger charge is -2.49. The number of nitrogen functional groups attached to an aromatic ring is 1. The fourth-order valence-corrected chi connectivity index (χ4v) is 7.61. The monoisotopic (exact) mass is 476 g/mol. The fraction of sp³-hybridized carbons (Fsp3) is 0.500. The Hall–Kier alpha value is -2.31. The summed E-state index contributed by atoms with van der Waals surface area (Å²) in [7, 11) is 0. The molecule has 6 heteroatoms. The summed E-state index contributed by atoms with van der Waals surface area (Å²) in [6, 6.07) is 16.8. The molecule has 0 bridgehead atoms. The van der Waals surface area contributed by atoms with E-state index >= 15 is 0 Å². The normalized spacial score (nSPS) is 31.7. The molecule has 1 saturated carbocycles. The first kappa shape index (κ1) is 23.4. The van der Waals surface area contributed by atoms with Gasteiger partial charge in [-0.25, -0.2) is 0 Å². The van der Waals surface area contributed by atoms with Gasteiger partial charge in [0.05, 0.1) is 5.69 Å². The average molecular weight is 477 g/mol. The molecule has 2 aliphatic heterocycles. The maximum atomic E-state index is 14.0. The molecule has 0 aromatic heterocycles. The highest BCUT2D eigenvalue weighted by Crippen LogP contribution is 2.49. The van der Waals surface area contributed by atoms with Crippen LogP contribution in [0.2, 0.25) is 0 Å². The van der Waals surface area contributed by atoms with Crippen LogP contribution in [0, 0.1) is 11.3 Å². The van der Waals surface area contributed by atoms with Crippen LogP contribution in [0.4, 0.5) is 5.69 Å². The zero-order valence-electron chi connectivity index (χ0n) is 20.2. The van der Waals surface area contributed by atoms with Crippen molar-refractivity contribution in [3.8, 4) is 0 Å². The number of amides is 1. The largest absolute Gasteiger partial charge is 0.384 e. The number of nitrogens with zero attached hydrogens (tertiary/aromatic N) is 1. The lowest BCUT2D eigenvalue weighted by Crippen LogP contribution is -2.57. The van der Waals surface area contributed by atoms with E-state index in [9.17, 15) is 4.79 Å². The second-order valence-electron chi connectivity index (χ2n) is 10.6. The molecule has 0 radical (unpaired) electrons. The molecule has 5 nitrogen and oxygen atoms in total. The number of fused-ring (bicyclic) bond motifs is 1. The molecule has 2 fully saturated rings. The number of piperidine rings is 1. The van der Waals surface area contributed by atoms with E-state index in [0.717, 1.165) is 41.8 Å². The van der Waals surface area contributed by atoms with Crippen molar-refractivity contribution < 1.29 is 4.79 Å². The third kappa shape index (κ3) is 4.38. The number of anilines is 1. The summed E-state index contributed by atoms with van der Waals surface area (Å²) in [6.07, 6.45) is 8.23. The van der Waals surface area contributed by atoms with Crippen molar-refractivity contribution in [1.82, 2.24) is 5.32 Å². The van der Waals surface area contributed by atoms with Crippen molar-refractivity contribution in [3.05, 3.63) is 59.7 Å². The van der Waals surface area contributed by atoms with Crippen LogP contribution in [-0.2, 0) is 4.79 Å². The highest BCUT2D eigenvalue weighted by atomic mass is 32.2. The highest BCUT2D eigenvalue weighted by Gasteiger charge is 2.43. The van der Waals surface area contributed by atoms with Crippen molar-refractivity contribution in [1.29, 1.82) is 5.41 Å². The molecule has 34 heavy (non-hydrogen) atoms. The standard InChI is InChI=1S/C28H36N4OS/c1-18-7-6-16-28(2,31-18)21-12-14-22(15-13-21)32-23-10-3-4-11-24(23)34-25(27(32)33)19-8-5-9-20(17-19)26(29)30/h3-5,8-11,17-18,21-22,25,31H,6-7,12-16H2,1-2H3,(H3,29,30)/t18-,21?,22?,25?,28+/m0/s1. The van der Waals surface area contributed by atoms with Crippen LogP contribution in [0.25, 0.3) is 0 Å². The summed E-state index contributed by atoms with van der Waals surface area (Å²) < 4.78 is 0. The molecule has 1 unspecified atom stereocenters. The van der Waals surface area contributed by atoms with Crippen LogP contribution in [0.1, 0.15) is 75.2 Å². The number of hydrogen-bond acceptors (Lipinski definition) is 4. The van der Waals surface area contributed by atoms with Gasteiger partial charge in [0.1, 0.15) is 11.1 Å². The van der Waals surface area contributed by atoms with Crippen LogP contribution in [0.5, 0.6) is 0 Å². The molecule has 0 spiro atoms. The minimum Gasteiger partial charge on any atom is -0.384 e. The van der Waals surface area contributed by atoms with Crippen molar-refractivity contribution in [3.63, 3.8) is 0 Å².